The number of carbonyl (C=O) groups excluding carboxylic acids is 1. The van der Waals surface area contributed by atoms with Crippen molar-refractivity contribution in [1.82, 2.24) is 14.8 Å². The van der Waals surface area contributed by atoms with Gasteiger partial charge in [0.25, 0.3) is 0 Å². The molecule has 8 nitrogen and oxygen atoms in total. The Kier molecular flexibility index (Phi) is 8.99. The Bertz CT molecular complexity index is 1500. The van der Waals surface area contributed by atoms with Gasteiger partial charge in [0.1, 0.15) is 12.1 Å². The lowest BCUT2D eigenvalue weighted by Crippen LogP contribution is -2.37. The molecule has 1 saturated heterocycles. The minimum Gasteiger partial charge on any atom is -0.459 e. The smallest absolute Gasteiger partial charge is 0.327 e. The summed E-state index contributed by atoms with van der Waals surface area (Å²) in [4.78, 5) is 15.8. The minimum absolute atomic E-state index is 0.0336. The lowest BCUT2D eigenvalue weighted by molar-refractivity contribution is -0.152. The summed E-state index contributed by atoms with van der Waals surface area (Å²) in [6.45, 7) is 7.15. The monoisotopic (exact) mass is 613 g/mol. The van der Waals surface area contributed by atoms with E-state index < -0.39 is 5.60 Å². The summed E-state index contributed by atoms with van der Waals surface area (Å²) in [5.41, 5.74) is 1.22. The molecular formula is C30H33Cl2N5O3S. The van der Waals surface area contributed by atoms with Crippen LogP contribution in [0.4, 0.5) is 11.5 Å². The molecule has 216 valence electrons. The van der Waals surface area contributed by atoms with Crippen LogP contribution in [0.1, 0.15) is 33.6 Å². The van der Waals surface area contributed by atoms with E-state index in [1.165, 1.54) is 11.9 Å². The molecule has 0 unspecified atom stereocenters. The minimum atomic E-state index is -0.593. The van der Waals surface area contributed by atoms with Gasteiger partial charge in [0.2, 0.25) is 0 Å². The van der Waals surface area contributed by atoms with Crippen molar-refractivity contribution in [3.63, 3.8) is 0 Å². The maximum atomic E-state index is 12.8. The van der Waals surface area contributed by atoms with E-state index in [1.54, 1.807) is 6.07 Å². The van der Waals surface area contributed by atoms with Crippen molar-refractivity contribution in [2.45, 2.75) is 50.2 Å². The average molecular weight is 615 g/mol. The van der Waals surface area contributed by atoms with Crippen LogP contribution in [0.3, 0.4) is 0 Å². The fourth-order valence-corrected chi connectivity index (χ4v) is 6.41. The Morgan fingerprint density at radius 1 is 1.05 bits per heavy atom. The molecule has 0 radical (unpaired) electrons. The predicted octanol–water partition coefficient (Wildman–Crippen LogP) is 7.20. The van der Waals surface area contributed by atoms with E-state index in [0.29, 0.717) is 16.1 Å². The lowest BCUT2D eigenvalue weighted by Gasteiger charge is -2.31. The zero-order chi connectivity index (χ0) is 29.1. The second-order valence-corrected chi connectivity index (χ2v) is 12.9. The predicted molar refractivity (Wildman–Crippen MR) is 167 cm³/mol. The highest BCUT2D eigenvalue weighted by atomic mass is 35.5. The third kappa shape index (κ3) is 7.46. The van der Waals surface area contributed by atoms with E-state index in [4.69, 9.17) is 32.7 Å². The van der Waals surface area contributed by atoms with Gasteiger partial charge < -0.3 is 18.7 Å². The summed E-state index contributed by atoms with van der Waals surface area (Å²) >= 11 is 13.9. The first-order chi connectivity index (χ1) is 19.6. The van der Waals surface area contributed by atoms with Crippen molar-refractivity contribution in [2.24, 2.45) is 0 Å². The Labute approximate surface area is 254 Å². The molecule has 0 saturated carbocycles. The summed E-state index contributed by atoms with van der Waals surface area (Å²) in [5.74, 6) is 1.23. The van der Waals surface area contributed by atoms with Gasteiger partial charge in [0.05, 0.1) is 5.52 Å². The molecule has 1 aliphatic rings. The molecule has 0 atom stereocenters. The second-order valence-electron chi connectivity index (χ2n) is 11.0. The van der Waals surface area contributed by atoms with Crippen LogP contribution in [0.2, 0.25) is 10.0 Å². The van der Waals surface area contributed by atoms with Gasteiger partial charge in [0.15, 0.2) is 11.6 Å². The Balaban J connectivity index is 1.40. The molecule has 1 fully saturated rings. The molecule has 0 N–H and O–H groups in total. The van der Waals surface area contributed by atoms with Crippen LogP contribution in [0, 0.1) is 0 Å². The number of aromatic nitrogens is 3. The number of hydrogen-bond acceptors (Lipinski definition) is 8. The number of nitrogens with zero attached hydrogens (tertiary/aromatic N) is 5. The van der Waals surface area contributed by atoms with Crippen LogP contribution in [0.5, 0.6) is 0 Å². The summed E-state index contributed by atoms with van der Waals surface area (Å²) in [5, 5.41) is 11.1. The van der Waals surface area contributed by atoms with Crippen LogP contribution >= 0.6 is 35.1 Å². The van der Waals surface area contributed by atoms with Gasteiger partial charge in [-0.25, -0.2) is 0 Å². The molecular weight excluding hydrogens is 581 g/mol. The van der Waals surface area contributed by atoms with Crippen molar-refractivity contribution in [3.05, 3.63) is 70.8 Å². The zero-order valence-corrected chi connectivity index (χ0v) is 25.8. The van der Waals surface area contributed by atoms with Gasteiger partial charge in [-0.1, -0.05) is 23.2 Å². The molecule has 0 bridgehead atoms. The number of benzene rings is 2. The van der Waals surface area contributed by atoms with Crippen molar-refractivity contribution < 1.29 is 14.3 Å². The molecule has 0 amide bonds. The number of rotatable bonds is 8. The van der Waals surface area contributed by atoms with Crippen LogP contribution in [0.15, 0.2) is 65.7 Å². The van der Waals surface area contributed by atoms with Gasteiger partial charge in [0, 0.05) is 58.5 Å². The van der Waals surface area contributed by atoms with E-state index in [-0.39, 0.29) is 12.5 Å². The number of esters is 1. The largest absolute Gasteiger partial charge is 0.459 e. The molecule has 4 aromatic rings. The SMILES string of the molecule is CN(c1ccc(-n2ccc3cc(N(CC(=O)OC(C)(C)C)Sc4cc(Cl)cc(Cl)c4)ccc32)nn1)C1CCOCC1. The van der Waals surface area contributed by atoms with Crippen LogP contribution in [-0.2, 0) is 14.3 Å². The third-order valence-electron chi connectivity index (χ3n) is 6.69. The maximum absolute atomic E-state index is 12.8. The highest BCUT2D eigenvalue weighted by Gasteiger charge is 2.22. The van der Waals surface area contributed by atoms with Gasteiger partial charge in [-0.3, -0.25) is 9.36 Å². The molecule has 3 heterocycles. The lowest BCUT2D eigenvalue weighted by atomic mass is 10.1. The second kappa shape index (κ2) is 12.5. The summed E-state index contributed by atoms with van der Waals surface area (Å²) < 4.78 is 15.0. The number of hydrogen-bond donors (Lipinski definition) is 0. The third-order valence-corrected chi connectivity index (χ3v) is 8.13. The van der Waals surface area contributed by atoms with Crippen molar-refractivity contribution >= 4 is 63.5 Å². The summed E-state index contributed by atoms with van der Waals surface area (Å²) in [6, 6.07) is 17.8. The quantitative estimate of drug-likeness (QED) is 0.153. The normalized spacial score (nSPS) is 14.3. The van der Waals surface area contributed by atoms with Crippen molar-refractivity contribution in [2.75, 3.05) is 36.0 Å². The molecule has 0 aliphatic carbocycles. The molecule has 2 aromatic heterocycles. The van der Waals surface area contributed by atoms with Gasteiger partial charge in [-0.2, -0.15) is 0 Å². The first-order valence-corrected chi connectivity index (χ1v) is 15.0. The Morgan fingerprint density at radius 3 is 2.44 bits per heavy atom. The first-order valence-electron chi connectivity index (χ1n) is 13.4. The highest BCUT2D eigenvalue weighted by molar-refractivity contribution is 8.00. The van der Waals surface area contributed by atoms with Gasteiger partial charge in [-0.15, -0.1) is 10.2 Å². The molecule has 5 rings (SSSR count). The fraction of sp³-hybridized carbons (Fsp3) is 0.367. The average Bonchev–Trinajstić information content (AvgIpc) is 3.35. The van der Waals surface area contributed by atoms with E-state index in [2.05, 4.69) is 22.1 Å². The van der Waals surface area contributed by atoms with Crippen molar-refractivity contribution in [1.29, 1.82) is 0 Å². The summed E-state index contributed by atoms with van der Waals surface area (Å²) in [7, 11) is 2.06. The maximum Gasteiger partial charge on any atom is 0.327 e. The Morgan fingerprint density at radius 2 is 1.78 bits per heavy atom. The van der Waals surface area contributed by atoms with E-state index in [1.807, 2.05) is 84.4 Å². The highest BCUT2D eigenvalue weighted by Crippen LogP contribution is 2.35. The van der Waals surface area contributed by atoms with Gasteiger partial charge in [-0.05, 0) is 100 Å². The molecule has 1 aliphatic heterocycles. The van der Waals surface area contributed by atoms with Crippen molar-refractivity contribution in [3.8, 4) is 5.82 Å². The summed E-state index contributed by atoms with van der Waals surface area (Å²) in [6.07, 6.45) is 3.94. The Hall–Kier alpha value is -2.98. The first kappa shape index (κ1) is 29.5. The number of fused-ring (bicyclic) bond motifs is 1. The van der Waals surface area contributed by atoms with E-state index >= 15 is 0 Å². The topological polar surface area (TPSA) is 72.7 Å². The van der Waals surface area contributed by atoms with Crippen LogP contribution < -0.4 is 9.21 Å². The fourth-order valence-electron chi connectivity index (χ4n) is 4.75. The zero-order valence-electron chi connectivity index (χ0n) is 23.5. The molecule has 41 heavy (non-hydrogen) atoms. The molecule has 11 heteroatoms. The number of ether oxygens (including phenoxy) is 2. The molecule has 2 aromatic carbocycles. The number of halogens is 2. The standard InChI is InChI=1S/C30H33Cl2N5O3S/c1-30(2,3)40-29(38)19-37(41-25-17-21(31)16-22(32)18-25)24-5-6-26-20(15-24)9-12-36(26)28-8-7-27(33-34-28)35(4)23-10-13-39-14-11-23/h5-9,12,15-18,23H,10-11,13-14,19H2,1-4H3. The number of carbonyl (C=O) groups is 1. The number of anilines is 2. The van der Waals surface area contributed by atoms with E-state index in [9.17, 15) is 4.79 Å². The van der Waals surface area contributed by atoms with Crippen LogP contribution in [-0.4, -0.2) is 59.2 Å². The van der Waals surface area contributed by atoms with E-state index in [0.717, 1.165) is 59.2 Å². The van der Waals surface area contributed by atoms with Crippen LogP contribution in [0.25, 0.3) is 16.7 Å². The van der Waals surface area contributed by atoms with Gasteiger partial charge >= 0.3 is 5.97 Å². The molecule has 0 spiro atoms.